The van der Waals surface area contributed by atoms with E-state index < -0.39 is 6.17 Å². The molecule has 3 atom stereocenters. The number of alkyl halides is 1. The monoisotopic (exact) mass is 531 g/mol. The third kappa shape index (κ3) is 5.43. The zero-order chi connectivity index (χ0) is 27.1. The predicted octanol–water partition coefficient (Wildman–Crippen LogP) is 6.69. The van der Waals surface area contributed by atoms with Gasteiger partial charge in [-0.05, 0) is 82.1 Å². The van der Waals surface area contributed by atoms with Gasteiger partial charge in [-0.25, -0.2) is 9.37 Å². The van der Waals surface area contributed by atoms with Crippen LogP contribution < -0.4 is 9.64 Å². The Hall–Kier alpha value is -3.29. The molecule has 0 radical (unpaired) electrons. The molecule has 8 heteroatoms. The van der Waals surface area contributed by atoms with Crippen molar-refractivity contribution in [2.24, 2.45) is 5.92 Å². The number of phenols is 1. The fraction of sp³-hybridized carbons (Fsp3) is 0.548. The van der Waals surface area contributed by atoms with Crippen molar-refractivity contribution in [3.05, 3.63) is 42.4 Å². The van der Waals surface area contributed by atoms with Crippen LogP contribution in [0.3, 0.4) is 0 Å². The molecule has 39 heavy (non-hydrogen) atoms. The molecule has 1 N–H and O–H groups in total. The van der Waals surface area contributed by atoms with E-state index in [4.69, 9.17) is 4.74 Å². The van der Waals surface area contributed by atoms with Gasteiger partial charge >= 0.3 is 0 Å². The van der Waals surface area contributed by atoms with Gasteiger partial charge in [0, 0.05) is 17.8 Å². The van der Waals surface area contributed by atoms with Crippen molar-refractivity contribution in [1.29, 1.82) is 0 Å². The highest BCUT2D eigenvalue weighted by atomic mass is 19.1. The van der Waals surface area contributed by atoms with Gasteiger partial charge in [0.1, 0.15) is 23.3 Å². The summed E-state index contributed by atoms with van der Waals surface area (Å²) >= 11 is 0. The molecular formula is C31H38FN5O2. The molecule has 2 aromatic heterocycles. The van der Waals surface area contributed by atoms with Crippen molar-refractivity contribution in [2.75, 3.05) is 4.90 Å². The van der Waals surface area contributed by atoms with E-state index in [1.807, 2.05) is 18.3 Å². The zero-order valence-electron chi connectivity index (χ0n) is 23.1. The first kappa shape index (κ1) is 26.0. The summed E-state index contributed by atoms with van der Waals surface area (Å²) in [5.41, 5.74) is 2.95. The predicted molar refractivity (Wildman–Crippen MR) is 150 cm³/mol. The number of benzene rings is 1. The number of aromatic hydroxyl groups is 1. The number of aryl methyl sites for hydroxylation is 1. The van der Waals surface area contributed by atoms with Crippen molar-refractivity contribution in [2.45, 2.75) is 102 Å². The zero-order valence-corrected chi connectivity index (χ0v) is 23.1. The molecule has 1 aliphatic heterocycles. The quantitative estimate of drug-likeness (QED) is 0.355. The topological polar surface area (TPSA) is 84.3 Å². The van der Waals surface area contributed by atoms with Crippen LogP contribution in [0.1, 0.15) is 77.8 Å². The summed E-state index contributed by atoms with van der Waals surface area (Å²) in [5.74, 6) is 2.38. The van der Waals surface area contributed by atoms with E-state index in [1.54, 1.807) is 18.3 Å². The van der Waals surface area contributed by atoms with Gasteiger partial charge in [0.2, 0.25) is 0 Å². The highest BCUT2D eigenvalue weighted by molar-refractivity contribution is 5.73. The lowest BCUT2D eigenvalue weighted by molar-refractivity contribution is 0.0831. The highest BCUT2D eigenvalue weighted by Crippen LogP contribution is 2.40. The van der Waals surface area contributed by atoms with Crippen LogP contribution in [0.2, 0.25) is 0 Å². The highest BCUT2D eigenvalue weighted by Gasteiger charge is 2.41. The van der Waals surface area contributed by atoms with Crippen LogP contribution >= 0.6 is 0 Å². The summed E-state index contributed by atoms with van der Waals surface area (Å²) in [4.78, 5) is 11.3. The van der Waals surface area contributed by atoms with Crippen molar-refractivity contribution in [1.82, 2.24) is 20.2 Å². The van der Waals surface area contributed by atoms with Crippen LogP contribution in [0.25, 0.3) is 22.5 Å². The molecule has 3 aliphatic rings. The van der Waals surface area contributed by atoms with Gasteiger partial charge in [-0.1, -0.05) is 32.3 Å². The third-order valence-corrected chi connectivity index (χ3v) is 8.63. The van der Waals surface area contributed by atoms with Gasteiger partial charge in [0.15, 0.2) is 11.6 Å². The van der Waals surface area contributed by atoms with E-state index in [2.05, 4.69) is 45.8 Å². The lowest BCUT2D eigenvalue weighted by atomic mass is 9.94. The maximum atomic E-state index is 15.3. The van der Waals surface area contributed by atoms with Gasteiger partial charge in [-0.15, -0.1) is 10.2 Å². The molecule has 1 aromatic carbocycles. The van der Waals surface area contributed by atoms with Gasteiger partial charge < -0.3 is 14.7 Å². The Morgan fingerprint density at radius 2 is 1.90 bits per heavy atom. The average molecular weight is 532 g/mol. The minimum absolute atomic E-state index is 0.0680. The number of halogens is 1. The number of fused-ring (bicyclic) bond motifs is 1. The summed E-state index contributed by atoms with van der Waals surface area (Å²) in [7, 11) is 0. The second kappa shape index (κ2) is 10.4. The summed E-state index contributed by atoms with van der Waals surface area (Å²) < 4.78 is 21.4. The Balaban J connectivity index is 1.24. The summed E-state index contributed by atoms with van der Waals surface area (Å²) in [6, 6.07) is 7.54. The number of rotatable bonds is 6. The summed E-state index contributed by atoms with van der Waals surface area (Å²) in [6.07, 6.45) is 11.1. The van der Waals surface area contributed by atoms with Gasteiger partial charge in [-0.2, -0.15) is 0 Å². The van der Waals surface area contributed by atoms with Crippen LogP contribution in [0.5, 0.6) is 11.5 Å². The standard InChI is InChI=1S/C31H38FN5O2/c1-4-19-6-5-7-24(32)26(14-19)37(22-9-10-22)29-18-34-30(36-35-29)23-11-8-20(15-27(23)38)21-16-28-25(33-17-21)12-13-31(2,3)39-28/h8,11,15-19,22,24,26,38H,4-7,9-10,12-14H2,1-3H3/t19-,24+,26-/m1/s1. The van der Waals surface area contributed by atoms with E-state index in [0.717, 1.165) is 73.9 Å². The van der Waals surface area contributed by atoms with Gasteiger partial charge in [0.05, 0.1) is 23.5 Å². The molecule has 0 bridgehead atoms. The smallest absolute Gasteiger partial charge is 0.185 e. The molecule has 3 heterocycles. The van der Waals surface area contributed by atoms with Crippen molar-refractivity contribution in [3.8, 4) is 34.0 Å². The van der Waals surface area contributed by atoms with Crippen LogP contribution in [0.15, 0.2) is 36.7 Å². The van der Waals surface area contributed by atoms with Crippen molar-refractivity contribution in [3.63, 3.8) is 0 Å². The van der Waals surface area contributed by atoms with E-state index in [1.165, 1.54) is 0 Å². The first-order valence-electron chi connectivity index (χ1n) is 14.4. The van der Waals surface area contributed by atoms with Crippen LogP contribution in [0.4, 0.5) is 10.2 Å². The molecule has 6 rings (SSSR count). The Bertz CT molecular complexity index is 1330. The minimum Gasteiger partial charge on any atom is -0.507 e. The molecule has 3 aromatic rings. The Labute approximate surface area is 229 Å². The Morgan fingerprint density at radius 3 is 2.62 bits per heavy atom. The number of hydrogen-bond donors (Lipinski definition) is 1. The van der Waals surface area contributed by atoms with E-state index in [9.17, 15) is 5.11 Å². The van der Waals surface area contributed by atoms with E-state index in [0.29, 0.717) is 35.6 Å². The number of pyridine rings is 1. The first-order chi connectivity index (χ1) is 18.8. The number of anilines is 1. The average Bonchev–Trinajstić information content (AvgIpc) is 3.77. The maximum absolute atomic E-state index is 15.3. The number of hydrogen-bond acceptors (Lipinski definition) is 7. The largest absolute Gasteiger partial charge is 0.507 e. The Kier molecular flexibility index (Phi) is 6.89. The number of nitrogens with zero attached hydrogens (tertiary/aromatic N) is 5. The molecule has 2 saturated carbocycles. The van der Waals surface area contributed by atoms with E-state index >= 15 is 4.39 Å². The molecule has 2 fully saturated rings. The SMILES string of the molecule is CC[C@@H]1CCC[C@H](F)[C@H](N(c2cnc(-c3ccc(-c4cnc5c(c4)OC(C)(C)CC5)cc3O)nn2)C2CC2)C1. The fourth-order valence-corrected chi connectivity index (χ4v) is 6.13. The van der Waals surface area contributed by atoms with Gasteiger partial charge in [-0.3, -0.25) is 4.98 Å². The molecular weight excluding hydrogens is 493 g/mol. The second-order valence-corrected chi connectivity index (χ2v) is 12.1. The number of aromatic nitrogens is 4. The van der Waals surface area contributed by atoms with Crippen LogP contribution in [-0.2, 0) is 6.42 Å². The lowest BCUT2D eigenvalue weighted by Crippen LogP contribution is -2.44. The normalized spacial score (nSPS) is 24.4. The molecule has 0 amide bonds. The fourth-order valence-electron chi connectivity index (χ4n) is 6.13. The molecule has 0 saturated heterocycles. The molecule has 206 valence electrons. The Morgan fingerprint density at radius 1 is 1.05 bits per heavy atom. The lowest BCUT2D eigenvalue weighted by Gasteiger charge is -2.35. The minimum atomic E-state index is -0.866. The van der Waals surface area contributed by atoms with Crippen LogP contribution in [-0.4, -0.2) is 49.1 Å². The van der Waals surface area contributed by atoms with Crippen molar-refractivity contribution >= 4 is 5.82 Å². The molecule has 7 nitrogen and oxygen atoms in total. The van der Waals surface area contributed by atoms with Crippen molar-refractivity contribution < 1.29 is 14.2 Å². The number of phenolic OH excluding ortho intramolecular Hbond substituents is 1. The molecule has 0 spiro atoms. The summed E-state index contributed by atoms with van der Waals surface area (Å²) in [6.45, 7) is 6.37. The number of ether oxygens (including phenoxy) is 1. The third-order valence-electron chi connectivity index (χ3n) is 8.63. The maximum Gasteiger partial charge on any atom is 0.185 e. The van der Waals surface area contributed by atoms with E-state index in [-0.39, 0.29) is 17.4 Å². The first-order valence-corrected chi connectivity index (χ1v) is 14.4. The second-order valence-electron chi connectivity index (χ2n) is 12.1. The van der Waals surface area contributed by atoms with Crippen LogP contribution in [0, 0.1) is 5.92 Å². The van der Waals surface area contributed by atoms with Gasteiger partial charge in [0.25, 0.3) is 0 Å². The molecule has 2 aliphatic carbocycles. The molecule has 0 unspecified atom stereocenters. The summed E-state index contributed by atoms with van der Waals surface area (Å²) in [5, 5.41) is 19.8.